The second-order valence-electron chi connectivity index (χ2n) is 14.3. The molecule has 1 unspecified atom stereocenters. The lowest BCUT2D eigenvalue weighted by Gasteiger charge is -2.34. The number of rotatable bonds is 33. The Kier molecular flexibility index (Phi) is 27.0. The number of unbranched alkanes of at least 4 members (excludes halogenated alkanes) is 16. The molecule has 6 nitrogen and oxygen atoms in total. The van der Waals surface area contributed by atoms with Crippen molar-refractivity contribution in [3.8, 4) is 0 Å². The van der Waals surface area contributed by atoms with Crippen LogP contribution in [0.3, 0.4) is 0 Å². The van der Waals surface area contributed by atoms with Gasteiger partial charge in [-0.3, -0.25) is 9.05 Å². The van der Waals surface area contributed by atoms with Crippen LogP contribution in [0.5, 0.6) is 0 Å². The molecule has 0 aromatic heterocycles. The van der Waals surface area contributed by atoms with Gasteiger partial charge in [-0.05, 0) is 45.4 Å². The quantitative estimate of drug-likeness (QED) is 0.0551. The van der Waals surface area contributed by atoms with Gasteiger partial charge in [0.05, 0.1) is 17.0 Å². The van der Waals surface area contributed by atoms with Gasteiger partial charge in [0.1, 0.15) is 0 Å². The predicted molar refractivity (Wildman–Crippen MR) is 196 cm³/mol. The fourth-order valence-corrected chi connectivity index (χ4v) is 10.3. The zero-order valence-corrected chi connectivity index (χ0v) is 33.0. The molecule has 8 heteroatoms. The van der Waals surface area contributed by atoms with Gasteiger partial charge in [-0.1, -0.05) is 176 Å². The van der Waals surface area contributed by atoms with Gasteiger partial charge < -0.3 is 0 Å². The lowest BCUT2D eigenvalue weighted by Crippen LogP contribution is -2.45. The second kappa shape index (κ2) is 26.9. The molecule has 0 aromatic carbocycles. The average Bonchev–Trinajstić information content (AvgIpc) is 2.99. The van der Waals surface area contributed by atoms with Gasteiger partial charge in [0.25, 0.3) is 0 Å². The smallest absolute Gasteiger partial charge is 0.293 e. The van der Waals surface area contributed by atoms with Gasteiger partial charge >= 0.3 is 7.75 Å². The van der Waals surface area contributed by atoms with E-state index in [1.54, 1.807) is 13.8 Å². The van der Waals surface area contributed by atoms with Crippen LogP contribution >= 0.6 is 7.75 Å². The molecular formula is C37H78NO5PS. The van der Waals surface area contributed by atoms with E-state index in [9.17, 15) is 13.0 Å². The zero-order chi connectivity index (χ0) is 34.0. The van der Waals surface area contributed by atoms with E-state index in [2.05, 4.69) is 32.2 Å². The molecule has 0 rings (SSSR count). The highest BCUT2D eigenvalue weighted by atomic mass is 32.2. The molecule has 0 aliphatic carbocycles. The van der Waals surface area contributed by atoms with Crippen LogP contribution in [0, 0.1) is 5.92 Å². The number of hydrogen-bond donors (Lipinski definition) is 1. The summed E-state index contributed by atoms with van der Waals surface area (Å²) in [5.74, 6) is -0.121. The van der Waals surface area contributed by atoms with Crippen LogP contribution in [0.25, 0.3) is 0 Å². The molecule has 45 heavy (non-hydrogen) atoms. The third kappa shape index (κ3) is 20.9. The second-order valence-corrected chi connectivity index (χ2v) is 18.5. The fraction of sp³-hybridized carbons (Fsp3) is 1.00. The molecule has 0 saturated carbocycles. The molecule has 0 fully saturated rings. The maximum Gasteiger partial charge on any atom is 0.419 e. The first kappa shape index (κ1) is 45.1. The SMILES string of the molecule is CCCCCCCC(CCCCCCC)OP(=O)(NS(=O)(=O)C(C)(C)C(C)CC)OC(CCCCCCC)CCCCCCC. The molecule has 272 valence electrons. The minimum atomic E-state index is -4.18. The van der Waals surface area contributed by atoms with Crippen molar-refractivity contribution in [1.82, 2.24) is 4.49 Å². The number of nitrogens with one attached hydrogen (secondary N) is 1. The Balaban J connectivity index is 6.16. The van der Waals surface area contributed by atoms with Crippen LogP contribution in [0.1, 0.15) is 216 Å². The molecule has 0 saturated heterocycles. The third-order valence-electron chi connectivity index (χ3n) is 9.82. The monoisotopic (exact) mass is 680 g/mol. The number of hydrogen-bond acceptors (Lipinski definition) is 5. The van der Waals surface area contributed by atoms with Crippen LogP contribution in [0.2, 0.25) is 0 Å². The molecule has 0 bridgehead atoms. The van der Waals surface area contributed by atoms with Crippen LogP contribution in [-0.4, -0.2) is 25.4 Å². The summed E-state index contributed by atoms with van der Waals surface area (Å²) >= 11 is 0. The Morgan fingerprint density at radius 3 is 1.11 bits per heavy atom. The lowest BCUT2D eigenvalue weighted by molar-refractivity contribution is 0.0891. The van der Waals surface area contributed by atoms with E-state index < -0.39 is 22.5 Å². The maximum atomic E-state index is 14.8. The molecule has 0 radical (unpaired) electrons. The highest BCUT2D eigenvalue weighted by molar-refractivity contribution is 7.95. The normalized spacial score (nSPS) is 13.7. The van der Waals surface area contributed by atoms with Crippen LogP contribution in [0.4, 0.5) is 0 Å². The summed E-state index contributed by atoms with van der Waals surface area (Å²) in [5, 5.41) is 0. The van der Waals surface area contributed by atoms with Crippen molar-refractivity contribution in [2.75, 3.05) is 0 Å². The van der Waals surface area contributed by atoms with Gasteiger partial charge in [0.15, 0.2) is 0 Å². The van der Waals surface area contributed by atoms with E-state index in [1.165, 1.54) is 77.0 Å². The molecule has 0 amide bonds. The summed E-state index contributed by atoms with van der Waals surface area (Å²) in [4.78, 5) is 0. The molecule has 1 atom stereocenters. The molecular weight excluding hydrogens is 601 g/mol. The summed E-state index contributed by atoms with van der Waals surface area (Å²) in [6, 6.07) is 0. The summed E-state index contributed by atoms with van der Waals surface area (Å²) < 4.78 is 57.1. The first-order chi connectivity index (χ1) is 21.4. The molecule has 0 aliphatic heterocycles. The summed E-state index contributed by atoms with van der Waals surface area (Å²) in [6.45, 7) is 16.3. The van der Waals surface area contributed by atoms with Crippen molar-refractivity contribution in [3.63, 3.8) is 0 Å². The fourth-order valence-electron chi connectivity index (χ4n) is 5.88. The standard InChI is InChI=1S/C37H78NO5PS/c1-9-14-18-22-26-30-35(31-27-23-19-15-10-2)42-44(39,38-45(40,41)37(7,8)34(6)13-5)43-36(32-28-24-20-16-11-3)33-29-25-21-17-12-4/h34-36H,9-33H2,1-8H3,(H,38,39). The maximum absolute atomic E-state index is 14.8. The number of sulfonamides is 1. The Bertz CT molecular complexity index is 769. The first-order valence-electron chi connectivity index (χ1n) is 19.4. The zero-order valence-electron chi connectivity index (χ0n) is 31.3. The van der Waals surface area contributed by atoms with Crippen molar-refractivity contribution in [2.24, 2.45) is 5.92 Å². The Hall–Kier alpha value is 0.0600. The molecule has 0 aromatic rings. The van der Waals surface area contributed by atoms with Crippen molar-refractivity contribution < 1.29 is 22.0 Å². The van der Waals surface area contributed by atoms with Crippen molar-refractivity contribution in [2.45, 2.75) is 233 Å². The Morgan fingerprint density at radius 1 is 0.556 bits per heavy atom. The van der Waals surface area contributed by atoms with Crippen LogP contribution in [-0.2, 0) is 23.6 Å². The lowest BCUT2D eigenvalue weighted by atomic mass is 9.95. The van der Waals surface area contributed by atoms with Gasteiger partial charge in [-0.15, -0.1) is 4.49 Å². The van der Waals surface area contributed by atoms with Gasteiger partial charge in [-0.2, -0.15) is 0 Å². The average molecular weight is 680 g/mol. The third-order valence-corrected chi connectivity index (χ3v) is 14.6. The van der Waals surface area contributed by atoms with E-state index >= 15 is 0 Å². The Labute approximate surface area is 282 Å². The largest absolute Gasteiger partial charge is 0.419 e. The highest BCUT2D eigenvalue weighted by Gasteiger charge is 2.45. The van der Waals surface area contributed by atoms with Crippen molar-refractivity contribution in [1.29, 1.82) is 0 Å². The minimum Gasteiger partial charge on any atom is -0.293 e. The highest BCUT2D eigenvalue weighted by Crippen LogP contribution is 2.51. The van der Waals surface area contributed by atoms with E-state index in [4.69, 9.17) is 9.05 Å². The van der Waals surface area contributed by atoms with Crippen LogP contribution < -0.4 is 4.49 Å². The first-order valence-corrected chi connectivity index (χ1v) is 22.5. The van der Waals surface area contributed by atoms with E-state index in [-0.39, 0.29) is 18.1 Å². The summed E-state index contributed by atoms with van der Waals surface area (Å²) in [7, 11) is -8.20. The van der Waals surface area contributed by atoms with E-state index in [0.717, 1.165) is 77.0 Å². The Morgan fingerprint density at radius 2 is 0.844 bits per heavy atom. The molecule has 1 N–H and O–H groups in total. The molecule has 0 heterocycles. The predicted octanol–water partition coefficient (Wildman–Crippen LogP) is 13.1. The molecule has 0 aliphatic rings. The van der Waals surface area contributed by atoms with Crippen molar-refractivity contribution in [3.05, 3.63) is 0 Å². The van der Waals surface area contributed by atoms with Crippen molar-refractivity contribution >= 4 is 17.8 Å². The van der Waals surface area contributed by atoms with Gasteiger partial charge in [-0.25, -0.2) is 13.0 Å². The van der Waals surface area contributed by atoms with E-state index in [0.29, 0.717) is 6.42 Å². The minimum absolute atomic E-state index is 0.121. The topological polar surface area (TPSA) is 81.7 Å². The molecule has 0 spiro atoms. The van der Waals surface area contributed by atoms with E-state index in [1.807, 2.05) is 13.8 Å². The van der Waals surface area contributed by atoms with Crippen LogP contribution in [0.15, 0.2) is 0 Å². The van der Waals surface area contributed by atoms with Gasteiger partial charge in [0.2, 0.25) is 10.0 Å². The summed E-state index contributed by atoms with van der Waals surface area (Å²) in [5.41, 5.74) is 0. The summed E-state index contributed by atoms with van der Waals surface area (Å²) in [6.07, 6.45) is 26.0. The van der Waals surface area contributed by atoms with Gasteiger partial charge in [0, 0.05) is 0 Å².